The maximum absolute atomic E-state index is 3.38. The van der Waals surface area contributed by atoms with E-state index in [0.29, 0.717) is 0 Å². The zero-order valence-electron chi connectivity index (χ0n) is 9.40. The minimum absolute atomic E-state index is 1.21. The molecule has 16 heavy (non-hydrogen) atoms. The Labute approximate surface area is 95.4 Å². The average Bonchev–Trinajstić information content (AvgIpc) is 2.68. The fraction of sp³-hybridized carbons (Fsp3) is 0.0667. The Morgan fingerprint density at radius 1 is 0.875 bits per heavy atom. The van der Waals surface area contributed by atoms with Crippen molar-refractivity contribution in [3.05, 3.63) is 61.2 Å². The van der Waals surface area contributed by atoms with Gasteiger partial charge in [0.2, 0.25) is 0 Å². The first-order chi connectivity index (χ1) is 7.86. The first-order valence-corrected chi connectivity index (χ1v) is 5.39. The van der Waals surface area contributed by atoms with E-state index < -0.39 is 0 Å². The molecule has 3 rings (SSSR count). The Kier molecular flexibility index (Phi) is 3.06. The van der Waals surface area contributed by atoms with Crippen LogP contribution in [-0.2, 0) is 0 Å². The van der Waals surface area contributed by atoms with E-state index in [1.165, 1.54) is 21.8 Å². The Morgan fingerprint density at radius 2 is 1.25 bits per heavy atom. The van der Waals surface area contributed by atoms with Crippen LogP contribution in [0.15, 0.2) is 61.2 Å². The van der Waals surface area contributed by atoms with E-state index in [0.717, 1.165) is 0 Å². The summed E-state index contributed by atoms with van der Waals surface area (Å²) in [6, 6.07) is 16.8. The second-order valence-corrected chi connectivity index (χ2v) is 3.62. The third kappa shape index (κ3) is 1.84. The number of para-hydroxylation sites is 2. The molecule has 1 N–H and O–H groups in total. The SMILES string of the molecule is C=CC.c1ccc2c(c1)[nH]c1ccccc12. The van der Waals surface area contributed by atoms with Gasteiger partial charge in [0.15, 0.2) is 0 Å². The van der Waals surface area contributed by atoms with Crippen molar-refractivity contribution in [3.63, 3.8) is 0 Å². The molecule has 0 unspecified atom stereocenters. The van der Waals surface area contributed by atoms with Crippen molar-refractivity contribution in [1.29, 1.82) is 0 Å². The number of aromatic nitrogens is 1. The van der Waals surface area contributed by atoms with Gasteiger partial charge in [-0.2, -0.15) is 0 Å². The van der Waals surface area contributed by atoms with Gasteiger partial charge >= 0.3 is 0 Å². The zero-order valence-corrected chi connectivity index (χ0v) is 9.40. The second kappa shape index (κ2) is 4.67. The molecule has 3 aromatic rings. The van der Waals surface area contributed by atoms with E-state index in [4.69, 9.17) is 0 Å². The summed E-state index contributed by atoms with van der Waals surface area (Å²) in [6.07, 6.45) is 1.75. The minimum Gasteiger partial charge on any atom is -0.355 e. The summed E-state index contributed by atoms with van der Waals surface area (Å²) >= 11 is 0. The quantitative estimate of drug-likeness (QED) is 0.524. The largest absolute Gasteiger partial charge is 0.355 e. The summed E-state index contributed by atoms with van der Waals surface area (Å²) in [5.74, 6) is 0. The van der Waals surface area contributed by atoms with E-state index in [1.807, 2.05) is 6.92 Å². The van der Waals surface area contributed by atoms with Crippen LogP contribution in [-0.4, -0.2) is 4.98 Å². The van der Waals surface area contributed by atoms with Crippen molar-refractivity contribution in [2.45, 2.75) is 6.92 Å². The predicted molar refractivity (Wildman–Crippen MR) is 71.7 cm³/mol. The maximum Gasteiger partial charge on any atom is 0.0464 e. The molecular formula is C15H15N. The smallest absolute Gasteiger partial charge is 0.0464 e. The number of aromatic amines is 1. The van der Waals surface area contributed by atoms with E-state index in [-0.39, 0.29) is 0 Å². The van der Waals surface area contributed by atoms with Gasteiger partial charge in [0.1, 0.15) is 0 Å². The number of benzene rings is 2. The van der Waals surface area contributed by atoms with E-state index in [1.54, 1.807) is 6.08 Å². The molecule has 0 radical (unpaired) electrons. The van der Waals surface area contributed by atoms with Crippen molar-refractivity contribution in [1.82, 2.24) is 4.98 Å². The number of fused-ring (bicyclic) bond motifs is 3. The highest BCUT2D eigenvalue weighted by Crippen LogP contribution is 2.24. The Morgan fingerprint density at radius 3 is 1.69 bits per heavy atom. The second-order valence-electron chi connectivity index (χ2n) is 3.62. The van der Waals surface area contributed by atoms with Crippen LogP contribution in [0.2, 0.25) is 0 Å². The van der Waals surface area contributed by atoms with Crippen molar-refractivity contribution in [2.24, 2.45) is 0 Å². The highest BCUT2D eigenvalue weighted by molar-refractivity contribution is 6.06. The van der Waals surface area contributed by atoms with Crippen LogP contribution in [0.4, 0.5) is 0 Å². The molecule has 0 aliphatic rings. The Bertz CT molecular complexity index is 554. The minimum atomic E-state index is 1.21. The van der Waals surface area contributed by atoms with Gasteiger partial charge in [0, 0.05) is 21.8 Å². The molecule has 1 aromatic heterocycles. The Hall–Kier alpha value is -2.02. The van der Waals surface area contributed by atoms with Crippen molar-refractivity contribution in [2.75, 3.05) is 0 Å². The first kappa shape index (κ1) is 10.5. The van der Waals surface area contributed by atoms with Gasteiger partial charge in [0.25, 0.3) is 0 Å². The van der Waals surface area contributed by atoms with E-state index >= 15 is 0 Å². The molecule has 1 heterocycles. The summed E-state index contributed by atoms with van der Waals surface area (Å²) in [5, 5.41) is 2.61. The van der Waals surface area contributed by atoms with Gasteiger partial charge in [-0.05, 0) is 19.1 Å². The predicted octanol–water partition coefficient (Wildman–Crippen LogP) is 4.51. The lowest BCUT2D eigenvalue weighted by Crippen LogP contribution is -1.62. The topological polar surface area (TPSA) is 15.8 Å². The molecule has 2 aromatic carbocycles. The van der Waals surface area contributed by atoms with Crippen LogP contribution in [0.5, 0.6) is 0 Å². The zero-order chi connectivity index (χ0) is 11.4. The van der Waals surface area contributed by atoms with Gasteiger partial charge in [-0.15, -0.1) is 6.58 Å². The highest BCUT2D eigenvalue weighted by atomic mass is 14.7. The van der Waals surface area contributed by atoms with E-state index in [2.05, 4.69) is 60.1 Å². The molecule has 1 nitrogen and oxygen atoms in total. The lowest BCUT2D eigenvalue weighted by molar-refractivity contribution is 1.55. The van der Waals surface area contributed by atoms with Gasteiger partial charge < -0.3 is 4.98 Å². The van der Waals surface area contributed by atoms with Crippen LogP contribution in [0.1, 0.15) is 6.92 Å². The lowest BCUT2D eigenvalue weighted by Gasteiger charge is -1.87. The van der Waals surface area contributed by atoms with Gasteiger partial charge in [0.05, 0.1) is 0 Å². The number of rotatable bonds is 0. The fourth-order valence-corrected chi connectivity index (χ4v) is 1.80. The first-order valence-electron chi connectivity index (χ1n) is 5.39. The Balaban J connectivity index is 0.000000292. The third-order valence-corrected chi connectivity index (χ3v) is 2.41. The lowest BCUT2D eigenvalue weighted by atomic mass is 10.2. The molecule has 0 aliphatic heterocycles. The number of nitrogens with one attached hydrogen (secondary N) is 1. The molecule has 0 saturated heterocycles. The van der Waals surface area contributed by atoms with Crippen LogP contribution in [0.25, 0.3) is 21.8 Å². The molecule has 0 saturated carbocycles. The molecule has 0 fully saturated rings. The standard InChI is InChI=1S/C12H9N.C3H6/c1-3-7-11-9(5-1)10-6-2-4-8-12(10)13-11;1-3-2/h1-8,13H;3H,1H2,2H3. The third-order valence-electron chi connectivity index (χ3n) is 2.41. The molecule has 0 aliphatic carbocycles. The van der Waals surface area contributed by atoms with Crippen LogP contribution in [0.3, 0.4) is 0 Å². The highest BCUT2D eigenvalue weighted by Gasteiger charge is 2.00. The summed E-state index contributed by atoms with van der Waals surface area (Å²) < 4.78 is 0. The molecule has 1 heteroatoms. The van der Waals surface area contributed by atoms with Crippen molar-refractivity contribution < 1.29 is 0 Å². The van der Waals surface area contributed by atoms with Gasteiger partial charge in [-0.1, -0.05) is 42.5 Å². The molecule has 0 amide bonds. The summed E-state index contributed by atoms with van der Waals surface area (Å²) in [6.45, 7) is 5.25. The van der Waals surface area contributed by atoms with E-state index in [9.17, 15) is 0 Å². The van der Waals surface area contributed by atoms with Crippen LogP contribution >= 0.6 is 0 Å². The van der Waals surface area contributed by atoms with Gasteiger partial charge in [-0.3, -0.25) is 0 Å². The summed E-state index contributed by atoms with van der Waals surface area (Å²) in [4.78, 5) is 3.38. The van der Waals surface area contributed by atoms with Crippen molar-refractivity contribution >= 4 is 21.8 Å². The molecular weight excluding hydrogens is 194 g/mol. The monoisotopic (exact) mass is 209 g/mol. The average molecular weight is 209 g/mol. The summed E-state index contributed by atoms with van der Waals surface area (Å²) in [5.41, 5.74) is 2.42. The maximum atomic E-state index is 3.38. The molecule has 0 spiro atoms. The number of H-pyrrole nitrogens is 1. The molecule has 80 valence electrons. The van der Waals surface area contributed by atoms with Crippen LogP contribution in [0, 0.1) is 0 Å². The number of hydrogen-bond acceptors (Lipinski definition) is 0. The van der Waals surface area contributed by atoms with Crippen molar-refractivity contribution in [3.8, 4) is 0 Å². The summed E-state index contributed by atoms with van der Waals surface area (Å²) in [7, 11) is 0. The number of allylic oxidation sites excluding steroid dienone is 1. The van der Waals surface area contributed by atoms with Crippen LogP contribution < -0.4 is 0 Å². The molecule has 0 atom stereocenters. The van der Waals surface area contributed by atoms with Gasteiger partial charge in [-0.25, -0.2) is 0 Å². The fourth-order valence-electron chi connectivity index (χ4n) is 1.80. The molecule has 0 bridgehead atoms. The normalized spacial score (nSPS) is 9.81. The number of hydrogen-bond donors (Lipinski definition) is 1.